The molecule has 3 aromatic carbocycles. The average molecular weight is 428 g/mol. The molecule has 162 valence electrons. The zero-order chi connectivity index (χ0) is 22.1. The van der Waals surface area contributed by atoms with E-state index in [1.165, 1.54) is 10.2 Å². The molecule has 1 atom stereocenters. The Kier molecular flexibility index (Phi) is 5.33. The van der Waals surface area contributed by atoms with E-state index in [2.05, 4.69) is 33.4 Å². The summed E-state index contributed by atoms with van der Waals surface area (Å²) in [5.74, 6) is 1.42. The smallest absolute Gasteiger partial charge is 0.278 e. The zero-order valence-corrected chi connectivity index (χ0v) is 18.1. The number of ether oxygens (including phenoxy) is 2. The van der Waals surface area contributed by atoms with Crippen molar-refractivity contribution < 1.29 is 9.47 Å². The molecule has 7 heteroatoms. The summed E-state index contributed by atoms with van der Waals surface area (Å²) in [7, 11) is 3.30. The lowest BCUT2D eigenvalue weighted by molar-refractivity contribution is 0.150. The number of aromatic nitrogens is 3. The fraction of sp³-hybridized carbons (Fsp3) is 0.240. The van der Waals surface area contributed by atoms with Crippen LogP contribution in [0.1, 0.15) is 22.7 Å². The summed E-state index contributed by atoms with van der Waals surface area (Å²) in [6, 6.07) is 21.6. The summed E-state index contributed by atoms with van der Waals surface area (Å²) >= 11 is 0. The fourth-order valence-electron chi connectivity index (χ4n) is 4.46. The maximum atomic E-state index is 13.1. The summed E-state index contributed by atoms with van der Waals surface area (Å²) < 4.78 is 12.6. The Bertz CT molecular complexity index is 1320. The second-order valence-corrected chi connectivity index (χ2v) is 7.83. The van der Waals surface area contributed by atoms with Crippen LogP contribution in [0.15, 0.2) is 71.5 Å². The van der Waals surface area contributed by atoms with Crippen LogP contribution in [0.2, 0.25) is 0 Å². The molecule has 0 amide bonds. The largest absolute Gasteiger partial charge is 0.493 e. The molecule has 1 aliphatic heterocycles. The molecule has 0 N–H and O–H groups in total. The van der Waals surface area contributed by atoms with E-state index < -0.39 is 0 Å². The summed E-state index contributed by atoms with van der Waals surface area (Å²) in [5, 5.41) is 9.03. The maximum absolute atomic E-state index is 13.1. The van der Waals surface area contributed by atoms with Gasteiger partial charge in [-0.05, 0) is 47.4 Å². The molecule has 0 spiro atoms. The molecular weight excluding hydrogens is 404 g/mol. The normalized spacial score (nSPS) is 16.0. The van der Waals surface area contributed by atoms with Crippen LogP contribution in [0, 0.1) is 0 Å². The van der Waals surface area contributed by atoms with E-state index in [-0.39, 0.29) is 11.6 Å². The van der Waals surface area contributed by atoms with Crippen LogP contribution in [0.25, 0.3) is 10.9 Å². The van der Waals surface area contributed by atoms with Crippen molar-refractivity contribution in [1.29, 1.82) is 0 Å². The molecule has 0 radical (unpaired) electrons. The van der Waals surface area contributed by atoms with Gasteiger partial charge in [-0.25, -0.2) is 0 Å². The van der Waals surface area contributed by atoms with E-state index in [1.54, 1.807) is 26.4 Å². The van der Waals surface area contributed by atoms with Gasteiger partial charge >= 0.3 is 0 Å². The molecule has 4 aromatic rings. The highest BCUT2D eigenvalue weighted by molar-refractivity contribution is 5.76. The van der Waals surface area contributed by atoms with Crippen molar-refractivity contribution >= 4 is 10.9 Å². The molecule has 0 aliphatic carbocycles. The van der Waals surface area contributed by atoms with E-state index in [0.29, 0.717) is 23.3 Å². The molecular formula is C25H24N4O3. The lowest BCUT2D eigenvalue weighted by Gasteiger charge is -2.37. The topological polar surface area (TPSA) is 69.5 Å². The minimum atomic E-state index is -0.138. The minimum absolute atomic E-state index is 0.0556. The number of methoxy groups -OCH3 is 2. The van der Waals surface area contributed by atoms with Crippen LogP contribution in [0.4, 0.5) is 0 Å². The summed E-state index contributed by atoms with van der Waals surface area (Å²) in [6.45, 7) is 1.10. The second kappa shape index (κ2) is 8.43. The van der Waals surface area contributed by atoms with Crippen molar-refractivity contribution in [1.82, 2.24) is 19.9 Å². The lowest BCUT2D eigenvalue weighted by atomic mass is 9.88. The van der Waals surface area contributed by atoms with Crippen molar-refractivity contribution in [3.05, 3.63) is 93.8 Å². The Morgan fingerprint density at radius 1 is 0.969 bits per heavy atom. The molecule has 1 aromatic heterocycles. The van der Waals surface area contributed by atoms with Gasteiger partial charge in [-0.3, -0.25) is 9.69 Å². The van der Waals surface area contributed by atoms with Crippen molar-refractivity contribution in [3.63, 3.8) is 0 Å². The minimum Gasteiger partial charge on any atom is -0.493 e. The number of benzene rings is 3. The van der Waals surface area contributed by atoms with Crippen LogP contribution < -0.4 is 15.0 Å². The summed E-state index contributed by atoms with van der Waals surface area (Å²) in [5.41, 5.74) is 3.96. The number of hydrogen-bond donors (Lipinski definition) is 0. The number of fused-ring (bicyclic) bond motifs is 2. The third-order valence-electron chi connectivity index (χ3n) is 6.03. The molecule has 5 rings (SSSR count). The third kappa shape index (κ3) is 3.50. The summed E-state index contributed by atoms with van der Waals surface area (Å²) in [6.07, 6.45) is 0.828. The monoisotopic (exact) mass is 428 g/mol. The standard InChI is InChI=1S/C25H24N4O3/c1-31-22-14-18-12-13-28(16-29-25(30)19-10-6-7-11-21(19)26-27-29)24(17-8-4-3-5-9-17)20(18)15-23(22)32-2/h3-11,14-15,24H,12-13,16H2,1-2H3/t24-/m1/s1. The van der Waals surface area contributed by atoms with E-state index in [1.807, 2.05) is 36.4 Å². The first-order valence-electron chi connectivity index (χ1n) is 10.6. The van der Waals surface area contributed by atoms with Gasteiger partial charge in [0.05, 0.1) is 32.3 Å². The molecule has 2 heterocycles. The van der Waals surface area contributed by atoms with Gasteiger partial charge in [0, 0.05) is 6.54 Å². The molecule has 0 bridgehead atoms. The molecule has 7 nitrogen and oxygen atoms in total. The van der Waals surface area contributed by atoms with Gasteiger partial charge in [-0.1, -0.05) is 47.7 Å². The molecule has 0 unspecified atom stereocenters. The molecule has 0 fully saturated rings. The van der Waals surface area contributed by atoms with Gasteiger partial charge in [0.2, 0.25) is 0 Å². The van der Waals surface area contributed by atoms with Gasteiger partial charge < -0.3 is 9.47 Å². The Morgan fingerprint density at radius 3 is 2.47 bits per heavy atom. The van der Waals surface area contributed by atoms with Gasteiger partial charge in [0.25, 0.3) is 5.56 Å². The molecule has 32 heavy (non-hydrogen) atoms. The van der Waals surface area contributed by atoms with Crippen LogP contribution in [0.3, 0.4) is 0 Å². The third-order valence-corrected chi connectivity index (χ3v) is 6.03. The summed E-state index contributed by atoms with van der Waals surface area (Å²) in [4.78, 5) is 15.3. The Hall–Kier alpha value is -3.71. The predicted molar refractivity (Wildman–Crippen MR) is 122 cm³/mol. The Labute approximate surface area is 185 Å². The molecule has 0 saturated carbocycles. The zero-order valence-electron chi connectivity index (χ0n) is 18.1. The highest BCUT2D eigenvalue weighted by Gasteiger charge is 2.31. The van der Waals surface area contributed by atoms with Gasteiger partial charge in [0.1, 0.15) is 5.52 Å². The Morgan fingerprint density at radius 2 is 1.69 bits per heavy atom. The highest BCUT2D eigenvalue weighted by Crippen LogP contribution is 2.41. The van der Waals surface area contributed by atoms with E-state index >= 15 is 0 Å². The van der Waals surface area contributed by atoms with Crippen molar-refractivity contribution in [2.24, 2.45) is 0 Å². The van der Waals surface area contributed by atoms with Crippen molar-refractivity contribution in [2.45, 2.75) is 19.1 Å². The maximum Gasteiger partial charge on any atom is 0.278 e. The SMILES string of the molecule is COc1cc2c(cc1OC)[C@@H](c1ccccc1)N(Cn1nnc3ccccc3c1=O)CC2. The Balaban J connectivity index is 1.60. The van der Waals surface area contributed by atoms with Crippen molar-refractivity contribution in [3.8, 4) is 11.5 Å². The first kappa shape index (κ1) is 20.2. The van der Waals surface area contributed by atoms with E-state index in [4.69, 9.17) is 9.47 Å². The molecule has 0 saturated heterocycles. The van der Waals surface area contributed by atoms with Gasteiger partial charge in [-0.15, -0.1) is 5.10 Å². The fourth-order valence-corrected chi connectivity index (χ4v) is 4.46. The van der Waals surface area contributed by atoms with Crippen LogP contribution in [0.5, 0.6) is 11.5 Å². The van der Waals surface area contributed by atoms with E-state index in [0.717, 1.165) is 29.8 Å². The van der Waals surface area contributed by atoms with Crippen LogP contribution in [-0.4, -0.2) is 40.7 Å². The van der Waals surface area contributed by atoms with Crippen LogP contribution in [-0.2, 0) is 13.1 Å². The first-order chi connectivity index (χ1) is 15.7. The van der Waals surface area contributed by atoms with Crippen molar-refractivity contribution in [2.75, 3.05) is 20.8 Å². The molecule has 1 aliphatic rings. The first-order valence-corrected chi connectivity index (χ1v) is 10.6. The van der Waals surface area contributed by atoms with Gasteiger partial charge in [-0.2, -0.15) is 4.68 Å². The number of hydrogen-bond acceptors (Lipinski definition) is 6. The quantitative estimate of drug-likeness (QED) is 0.485. The predicted octanol–water partition coefficient (Wildman–Crippen LogP) is 3.41. The number of rotatable bonds is 5. The van der Waals surface area contributed by atoms with Gasteiger partial charge in [0.15, 0.2) is 11.5 Å². The highest BCUT2D eigenvalue weighted by atomic mass is 16.5. The van der Waals surface area contributed by atoms with E-state index in [9.17, 15) is 4.79 Å². The lowest BCUT2D eigenvalue weighted by Crippen LogP contribution is -2.41. The number of nitrogens with zero attached hydrogens (tertiary/aromatic N) is 4. The second-order valence-electron chi connectivity index (χ2n) is 7.83. The average Bonchev–Trinajstić information content (AvgIpc) is 2.85. The van der Waals surface area contributed by atoms with Crippen LogP contribution >= 0.6 is 0 Å².